The predicted molar refractivity (Wildman–Crippen MR) is 127 cm³/mol. The van der Waals surface area contributed by atoms with Crippen molar-refractivity contribution in [2.24, 2.45) is 35.5 Å². The van der Waals surface area contributed by atoms with E-state index >= 15 is 0 Å². The summed E-state index contributed by atoms with van der Waals surface area (Å²) in [5.74, 6) is -2.79. The lowest BCUT2D eigenvalue weighted by Crippen LogP contribution is -2.43. The summed E-state index contributed by atoms with van der Waals surface area (Å²) in [6.07, 6.45) is 6.71. The molecule has 5 rings (SSSR count). The van der Waals surface area contributed by atoms with Crippen LogP contribution in [0.2, 0.25) is 0 Å². The Morgan fingerprint density at radius 1 is 0.943 bits per heavy atom. The minimum atomic E-state index is -0.522. The standard InChI is InChI=1S/C27H30N2O6/c1-4-28-24(31)17-10-9-15-16(8-6-14-7-11-20(30)21(12-14)35-3)22-19(13-18(15)23(17)27(28)34)25(32)29(5-2)26(22)33/h6-9,11-12,16-19,22-23,30H,4-5,10,13H2,1-3H3. The van der Waals surface area contributed by atoms with Crippen LogP contribution in [-0.2, 0) is 19.2 Å². The SMILES string of the molecule is CCN1C(=O)C2CC3C(=CCC4C(=O)N(CC)C(=O)C43)C(C=Cc3ccc(O)c(OC)c3)C2C1=O. The summed E-state index contributed by atoms with van der Waals surface area (Å²) in [5.41, 5.74) is 1.76. The van der Waals surface area contributed by atoms with Gasteiger partial charge >= 0.3 is 0 Å². The normalized spacial score (nSPS) is 32.1. The van der Waals surface area contributed by atoms with Crippen molar-refractivity contribution in [2.45, 2.75) is 26.7 Å². The minimum absolute atomic E-state index is 0.0310. The number of carbonyl (C=O) groups excluding carboxylic acids is 4. The molecule has 4 amide bonds. The number of fused-ring (bicyclic) bond motifs is 4. The Morgan fingerprint density at radius 3 is 2.26 bits per heavy atom. The fraction of sp³-hybridized carbons (Fsp3) is 0.481. The van der Waals surface area contributed by atoms with Gasteiger partial charge in [-0.2, -0.15) is 0 Å². The number of phenolic OH excluding ortho intramolecular Hbond substituents is 1. The van der Waals surface area contributed by atoms with Gasteiger partial charge in [0.2, 0.25) is 23.6 Å². The van der Waals surface area contributed by atoms with Gasteiger partial charge in [-0.1, -0.05) is 29.9 Å². The summed E-state index contributed by atoms with van der Waals surface area (Å²) in [6, 6.07) is 4.99. The Hall–Kier alpha value is -3.42. The van der Waals surface area contributed by atoms with Crippen molar-refractivity contribution in [1.82, 2.24) is 9.80 Å². The molecule has 3 fully saturated rings. The van der Waals surface area contributed by atoms with E-state index in [-0.39, 0.29) is 41.2 Å². The molecule has 0 spiro atoms. The molecular formula is C27H30N2O6. The zero-order valence-electron chi connectivity index (χ0n) is 20.1. The summed E-state index contributed by atoms with van der Waals surface area (Å²) in [4.78, 5) is 55.3. The largest absolute Gasteiger partial charge is 0.504 e. The van der Waals surface area contributed by atoms with E-state index < -0.39 is 23.7 Å². The second kappa shape index (κ2) is 8.66. The average Bonchev–Trinajstić information content (AvgIpc) is 3.25. The van der Waals surface area contributed by atoms with Crippen molar-refractivity contribution in [3.05, 3.63) is 41.5 Å². The maximum atomic E-state index is 13.3. The highest BCUT2D eigenvalue weighted by Gasteiger charge is 2.60. The molecule has 2 saturated heterocycles. The predicted octanol–water partition coefficient (Wildman–Crippen LogP) is 2.62. The number of likely N-dealkylation sites (tertiary alicyclic amines) is 2. The van der Waals surface area contributed by atoms with Crippen LogP contribution in [0.3, 0.4) is 0 Å². The van der Waals surface area contributed by atoms with Crippen molar-refractivity contribution in [3.63, 3.8) is 0 Å². The van der Waals surface area contributed by atoms with Crippen LogP contribution in [0.4, 0.5) is 0 Å². The smallest absolute Gasteiger partial charge is 0.234 e. The fourth-order valence-corrected chi connectivity index (χ4v) is 6.62. The number of nitrogens with zero attached hydrogens (tertiary/aromatic N) is 2. The van der Waals surface area contributed by atoms with Crippen molar-refractivity contribution in [2.75, 3.05) is 20.2 Å². The molecule has 0 bridgehead atoms. The molecule has 2 aliphatic heterocycles. The van der Waals surface area contributed by atoms with E-state index in [1.807, 2.05) is 18.2 Å². The second-order valence-corrected chi connectivity index (χ2v) is 9.70. The number of hydrogen-bond donors (Lipinski definition) is 1. The molecule has 1 saturated carbocycles. The van der Waals surface area contributed by atoms with E-state index in [1.54, 1.807) is 32.0 Å². The van der Waals surface area contributed by atoms with E-state index in [2.05, 4.69) is 0 Å². The lowest BCUT2D eigenvalue weighted by atomic mass is 9.58. The number of methoxy groups -OCH3 is 1. The highest BCUT2D eigenvalue weighted by Crippen LogP contribution is 2.55. The maximum absolute atomic E-state index is 13.3. The van der Waals surface area contributed by atoms with Crippen LogP contribution in [0.15, 0.2) is 35.9 Å². The van der Waals surface area contributed by atoms with Crippen LogP contribution in [0, 0.1) is 35.5 Å². The first-order valence-corrected chi connectivity index (χ1v) is 12.3. The van der Waals surface area contributed by atoms with Crippen LogP contribution in [0.5, 0.6) is 11.5 Å². The topological polar surface area (TPSA) is 104 Å². The van der Waals surface area contributed by atoms with Gasteiger partial charge < -0.3 is 9.84 Å². The highest BCUT2D eigenvalue weighted by molar-refractivity contribution is 6.07. The summed E-state index contributed by atoms with van der Waals surface area (Å²) in [5, 5.41) is 9.92. The Bertz CT molecular complexity index is 1170. The van der Waals surface area contributed by atoms with Gasteiger partial charge in [0, 0.05) is 19.0 Å². The fourth-order valence-electron chi connectivity index (χ4n) is 6.62. The molecule has 2 aliphatic carbocycles. The third-order valence-electron chi connectivity index (χ3n) is 8.22. The second-order valence-electron chi connectivity index (χ2n) is 9.70. The lowest BCUT2D eigenvalue weighted by molar-refractivity contribution is -0.141. The molecule has 2 heterocycles. The Labute approximate surface area is 204 Å². The monoisotopic (exact) mass is 478 g/mol. The summed E-state index contributed by atoms with van der Waals surface area (Å²) < 4.78 is 5.21. The quantitative estimate of drug-likeness (QED) is 0.515. The number of imide groups is 2. The van der Waals surface area contributed by atoms with E-state index in [9.17, 15) is 24.3 Å². The Morgan fingerprint density at radius 2 is 1.60 bits per heavy atom. The first kappa shape index (κ1) is 23.3. The van der Waals surface area contributed by atoms with Gasteiger partial charge in [-0.3, -0.25) is 29.0 Å². The Kier molecular flexibility index (Phi) is 5.77. The third kappa shape index (κ3) is 3.41. The molecule has 4 aliphatic rings. The van der Waals surface area contributed by atoms with Gasteiger partial charge in [0.25, 0.3) is 0 Å². The number of rotatable bonds is 5. The molecule has 1 aromatic rings. The first-order chi connectivity index (χ1) is 16.8. The number of allylic oxidation sites excluding steroid dienone is 3. The third-order valence-corrected chi connectivity index (χ3v) is 8.22. The first-order valence-electron chi connectivity index (χ1n) is 12.3. The van der Waals surface area contributed by atoms with E-state index in [0.29, 0.717) is 31.7 Å². The summed E-state index contributed by atoms with van der Waals surface area (Å²) in [7, 11) is 1.48. The number of phenols is 1. The molecule has 8 nitrogen and oxygen atoms in total. The number of ether oxygens (including phenoxy) is 1. The number of amides is 4. The maximum Gasteiger partial charge on any atom is 0.234 e. The van der Waals surface area contributed by atoms with Crippen molar-refractivity contribution in [1.29, 1.82) is 0 Å². The van der Waals surface area contributed by atoms with Crippen molar-refractivity contribution < 1.29 is 29.0 Å². The van der Waals surface area contributed by atoms with E-state index in [4.69, 9.17) is 4.74 Å². The minimum Gasteiger partial charge on any atom is -0.504 e. The molecule has 1 aromatic carbocycles. The summed E-state index contributed by atoms with van der Waals surface area (Å²) >= 11 is 0. The molecule has 0 aromatic heterocycles. The summed E-state index contributed by atoms with van der Waals surface area (Å²) in [6.45, 7) is 4.24. The van der Waals surface area contributed by atoms with Crippen molar-refractivity contribution >= 4 is 29.7 Å². The highest BCUT2D eigenvalue weighted by atomic mass is 16.5. The molecule has 35 heavy (non-hydrogen) atoms. The van der Waals surface area contributed by atoms with Crippen LogP contribution in [0.1, 0.15) is 32.3 Å². The van der Waals surface area contributed by atoms with Crippen LogP contribution in [-0.4, -0.2) is 58.7 Å². The molecule has 6 unspecified atom stereocenters. The number of hydrogen-bond acceptors (Lipinski definition) is 6. The van der Waals surface area contributed by atoms with Gasteiger partial charge in [0.1, 0.15) is 0 Å². The van der Waals surface area contributed by atoms with Crippen LogP contribution >= 0.6 is 0 Å². The van der Waals surface area contributed by atoms with Crippen LogP contribution in [0.25, 0.3) is 6.08 Å². The average molecular weight is 479 g/mol. The molecule has 0 radical (unpaired) electrons. The molecule has 8 heteroatoms. The van der Waals surface area contributed by atoms with E-state index in [1.165, 1.54) is 16.9 Å². The zero-order chi connectivity index (χ0) is 25.0. The van der Waals surface area contributed by atoms with Gasteiger partial charge in [-0.25, -0.2) is 0 Å². The molecule has 1 N–H and O–H groups in total. The van der Waals surface area contributed by atoms with Gasteiger partial charge in [0.15, 0.2) is 11.5 Å². The number of aromatic hydroxyl groups is 1. The zero-order valence-corrected chi connectivity index (χ0v) is 20.1. The van der Waals surface area contributed by atoms with E-state index in [0.717, 1.165) is 11.1 Å². The number of benzene rings is 1. The lowest BCUT2D eigenvalue weighted by Gasteiger charge is -2.42. The molecule has 6 atom stereocenters. The van der Waals surface area contributed by atoms with Crippen LogP contribution < -0.4 is 4.74 Å². The van der Waals surface area contributed by atoms with Gasteiger partial charge in [-0.05, 0) is 50.3 Å². The van der Waals surface area contributed by atoms with Crippen molar-refractivity contribution in [3.8, 4) is 11.5 Å². The Balaban J connectivity index is 1.56. The number of carbonyl (C=O) groups is 4. The molecular weight excluding hydrogens is 448 g/mol. The van der Waals surface area contributed by atoms with Gasteiger partial charge in [-0.15, -0.1) is 0 Å². The van der Waals surface area contributed by atoms with Gasteiger partial charge in [0.05, 0.1) is 30.8 Å². The molecule has 184 valence electrons.